The number of aryl methyl sites for hydroxylation is 1. The van der Waals surface area contributed by atoms with Gasteiger partial charge in [-0.15, -0.1) is 0 Å². The fourth-order valence-electron chi connectivity index (χ4n) is 1.28. The van der Waals surface area contributed by atoms with E-state index in [1.165, 1.54) is 12.1 Å². The van der Waals surface area contributed by atoms with Crippen molar-refractivity contribution in [3.05, 3.63) is 44.4 Å². The number of nitrogens with one attached hydrogen (secondary N) is 1. The third kappa shape index (κ3) is 4.18. The third-order valence-corrected chi connectivity index (χ3v) is 2.77. The van der Waals surface area contributed by atoms with Gasteiger partial charge < -0.3 is 10.4 Å². The first-order chi connectivity index (χ1) is 8.81. The number of carbonyl (C=O) groups excluding carboxylic acids is 1. The molecule has 0 spiro atoms. The molecule has 1 aromatic carbocycles. The molecule has 0 saturated heterocycles. The topological polar surface area (TPSA) is 110 Å². The number of nitrogens with zero attached hydrogens (tertiary/aromatic N) is 1. The van der Waals surface area contributed by atoms with Crippen LogP contribution in [0.2, 0.25) is 0 Å². The highest BCUT2D eigenvalue weighted by molar-refractivity contribution is 9.10. The maximum Gasteiger partial charge on any atom is 0.328 e. The largest absolute Gasteiger partial charge is 0.478 e. The first-order valence-electron chi connectivity index (χ1n) is 4.97. The second-order valence-corrected chi connectivity index (χ2v) is 4.39. The number of carboxylic acid groups (broad SMARTS) is 1. The number of aliphatic carboxylic acids is 1. The van der Waals surface area contributed by atoms with Crippen molar-refractivity contribution in [3.8, 4) is 0 Å². The molecule has 2 N–H and O–H groups in total. The van der Waals surface area contributed by atoms with E-state index in [0.717, 1.165) is 6.08 Å². The summed E-state index contributed by atoms with van der Waals surface area (Å²) < 4.78 is 0.465. The summed E-state index contributed by atoms with van der Waals surface area (Å²) in [6.07, 6.45) is 1.49. The average molecular weight is 329 g/mol. The van der Waals surface area contributed by atoms with Gasteiger partial charge in [0.2, 0.25) is 5.91 Å². The standard InChI is InChI=1S/C11H9BrN2O5/c1-6-4-7(12)8(5-9(6)14(18)19)13-10(15)2-3-11(16)17/h2-5H,1H3,(H,13,15)(H,16,17)/b3-2+. The van der Waals surface area contributed by atoms with Gasteiger partial charge in [-0.3, -0.25) is 14.9 Å². The molecule has 0 saturated carbocycles. The predicted octanol–water partition coefficient (Wildman–Crippen LogP) is 2.25. The molecule has 0 aromatic heterocycles. The quantitative estimate of drug-likeness (QED) is 0.500. The number of amides is 1. The number of rotatable bonds is 4. The number of nitro groups is 1. The van der Waals surface area contributed by atoms with E-state index in [2.05, 4.69) is 21.2 Å². The van der Waals surface area contributed by atoms with Gasteiger partial charge >= 0.3 is 5.97 Å². The molecule has 100 valence electrons. The van der Waals surface area contributed by atoms with Crippen LogP contribution in [0.1, 0.15) is 5.56 Å². The molecular weight excluding hydrogens is 320 g/mol. The Morgan fingerprint density at radius 3 is 2.58 bits per heavy atom. The van der Waals surface area contributed by atoms with E-state index >= 15 is 0 Å². The molecular formula is C11H9BrN2O5. The van der Waals surface area contributed by atoms with Crippen LogP contribution in [0.15, 0.2) is 28.8 Å². The lowest BCUT2D eigenvalue weighted by Crippen LogP contribution is -2.09. The Labute approximate surface area is 116 Å². The van der Waals surface area contributed by atoms with E-state index in [4.69, 9.17) is 5.11 Å². The van der Waals surface area contributed by atoms with Crippen LogP contribution < -0.4 is 5.32 Å². The number of halogens is 1. The van der Waals surface area contributed by atoms with Crippen molar-refractivity contribution in [2.24, 2.45) is 0 Å². The number of hydrogen-bond donors (Lipinski definition) is 2. The van der Waals surface area contributed by atoms with Gasteiger partial charge in [0.25, 0.3) is 5.69 Å². The average Bonchev–Trinajstić information content (AvgIpc) is 2.29. The van der Waals surface area contributed by atoms with Gasteiger partial charge in [0.15, 0.2) is 0 Å². The lowest BCUT2D eigenvalue weighted by Gasteiger charge is -2.06. The summed E-state index contributed by atoms with van der Waals surface area (Å²) in [7, 11) is 0. The molecule has 0 unspecified atom stereocenters. The Kier molecular flexibility index (Phi) is 4.76. The van der Waals surface area contributed by atoms with E-state index in [-0.39, 0.29) is 11.4 Å². The van der Waals surface area contributed by atoms with Gasteiger partial charge in [0.1, 0.15) is 0 Å². The molecule has 19 heavy (non-hydrogen) atoms. The lowest BCUT2D eigenvalue weighted by molar-refractivity contribution is -0.385. The smallest absolute Gasteiger partial charge is 0.328 e. The molecule has 0 aliphatic heterocycles. The van der Waals surface area contributed by atoms with E-state index < -0.39 is 16.8 Å². The lowest BCUT2D eigenvalue weighted by atomic mass is 10.2. The summed E-state index contributed by atoms with van der Waals surface area (Å²) >= 11 is 3.16. The highest BCUT2D eigenvalue weighted by Gasteiger charge is 2.15. The highest BCUT2D eigenvalue weighted by Crippen LogP contribution is 2.30. The van der Waals surface area contributed by atoms with Crippen LogP contribution in [0.25, 0.3) is 0 Å². The fourth-order valence-corrected chi connectivity index (χ4v) is 1.83. The molecule has 8 heteroatoms. The van der Waals surface area contributed by atoms with Crippen molar-refractivity contribution in [1.82, 2.24) is 0 Å². The Morgan fingerprint density at radius 1 is 1.42 bits per heavy atom. The summed E-state index contributed by atoms with van der Waals surface area (Å²) in [6.45, 7) is 1.57. The van der Waals surface area contributed by atoms with Crippen molar-refractivity contribution in [2.45, 2.75) is 6.92 Å². The molecule has 1 amide bonds. The number of hydrogen-bond acceptors (Lipinski definition) is 4. The zero-order valence-electron chi connectivity index (χ0n) is 9.71. The second kappa shape index (κ2) is 6.10. The third-order valence-electron chi connectivity index (χ3n) is 2.12. The number of anilines is 1. The van der Waals surface area contributed by atoms with Gasteiger partial charge in [0, 0.05) is 28.3 Å². The SMILES string of the molecule is Cc1cc(Br)c(NC(=O)/C=C/C(=O)O)cc1[N+](=O)[O-]. The van der Waals surface area contributed by atoms with Crippen LogP contribution in [0.5, 0.6) is 0 Å². The van der Waals surface area contributed by atoms with Crippen molar-refractivity contribution in [1.29, 1.82) is 0 Å². The fraction of sp³-hybridized carbons (Fsp3) is 0.0909. The number of carboxylic acids is 1. The molecule has 0 aliphatic rings. The zero-order valence-corrected chi connectivity index (χ0v) is 11.3. The summed E-state index contributed by atoms with van der Waals surface area (Å²) in [5.74, 6) is -1.95. The molecule has 0 bridgehead atoms. The maximum absolute atomic E-state index is 11.4. The Balaban J connectivity index is 3.01. The summed E-state index contributed by atoms with van der Waals surface area (Å²) in [4.78, 5) is 31.8. The van der Waals surface area contributed by atoms with Crippen LogP contribution in [0, 0.1) is 17.0 Å². The van der Waals surface area contributed by atoms with Crippen molar-refractivity contribution >= 4 is 39.2 Å². The normalized spacial score (nSPS) is 10.4. The van der Waals surface area contributed by atoms with Gasteiger partial charge in [-0.25, -0.2) is 4.79 Å². The molecule has 0 radical (unpaired) electrons. The van der Waals surface area contributed by atoms with Crippen LogP contribution in [0.4, 0.5) is 11.4 Å². The van der Waals surface area contributed by atoms with Gasteiger partial charge in [-0.2, -0.15) is 0 Å². The number of benzene rings is 1. The number of carbonyl (C=O) groups is 2. The molecule has 0 heterocycles. The minimum Gasteiger partial charge on any atom is -0.478 e. The van der Waals surface area contributed by atoms with Gasteiger partial charge in [-0.05, 0) is 28.9 Å². The molecule has 1 aromatic rings. The molecule has 1 rings (SSSR count). The van der Waals surface area contributed by atoms with Crippen LogP contribution in [-0.4, -0.2) is 21.9 Å². The molecule has 0 atom stereocenters. The molecule has 7 nitrogen and oxygen atoms in total. The monoisotopic (exact) mass is 328 g/mol. The summed E-state index contributed by atoms with van der Waals surface area (Å²) in [6, 6.07) is 2.70. The van der Waals surface area contributed by atoms with Crippen molar-refractivity contribution in [3.63, 3.8) is 0 Å². The Bertz CT molecular complexity index is 583. The number of nitro benzene ring substituents is 1. The van der Waals surface area contributed by atoms with E-state index in [1.807, 2.05) is 0 Å². The second-order valence-electron chi connectivity index (χ2n) is 3.54. The Morgan fingerprint density at radius 2 is 2.05 bits per heavy atom. The summed E-state index contributed by atoms with van der Waals surface area (Å²) in [5, 5.41) is 21.5. The zero-order chi connectivity index (χ0) is 14.6. The minimum atomic E-state index is -1.26. The first-order valence-corrected chi connectivity index (χ1v) is 5.77. The van der Waals surface area contributed by atoms with Crippen LogP contribution >= 0.6 is 15.9 Å². The first kappa shape index (κ1) is 14.8. The van der Waals surface area contributed by atoms with E-state index in [0.29, 0.717) is 16.1 Å². The summed E-state index contributed by atoms with van der Waals surface area (Å²) in [5.41, 5.74) is 0.494. The van der Waals surface area contributed by atoms with E-state index in [9.17, 15) is 19.7 Å². The molecule has 0 fully saturated rings. The van der Waals surface area contributed by atoms with E-state index in [1.54, 1.807) is 6.92 Å². The van der Waals surface area contributed by atoms with Crippen LogP contribution in [-0.2, 0) is 9.59 Å². The maximum atomic E-state index is 11.4. The minimum absolute atomic E-state index is 0.138. The van der Waals surface area contributed by atoms with Crippen molar-refractivity contribution in [2.75, 3.05) is 5.32 Å². The Hall–Kier alpha value is -2.22. The van der Waals surface area contributed by atoms with Crippen molar-refractivity contribution < 1.29 is 19.6 Å². The van der Waals surface area contributed by atoms with Gasteiger partial charge in [-0.1, -0.05) is 0 Å². The molecule has 0 aliphatic carbocycles. The highest BCUT2D eigenvalue weighted by atomic mass is 79.9. The van der Waals surface area contributed by atoms with Crippen LogP contribution in [0.3, 0.4) is 0 Å². The van der Waals surface area contributed by atoms with Gasteiger partial charge in [0.05, 0.1) is 10.6 Å². The predicted molar refractivity (Wildman–Crippen MR) is 70.9 cm³/mol.